The summed E-state index contributed by atoms with van der Waals surface area (Å²) in [6, 6.07) is 16.5. The zero-order valence-corrected chi connectivity index (χ0v) is 14.4. The maximum atomic E-state index is 9.32. The van der Waals surface area contributed by atoms with E-state index in [1.54, 1.807) is 12.1 Å². The Morgan fingerprint density at radius 1 is 0.609 bits per heavy atom. The number of aryl methyl sites for hydroxylation is 1. The van der Waals surface area contributed by atoms with Crippen molar-refractivity contribution >= 4 is 0 Å². The number of benzene rings is 2. The van der Waals surface area contributed by atoms with Gasteiger partial charge in [0.15, 0.2) is 0 Å². The van der Waals surface area contributed by atoms with E-state index in [1.807, 2.05) is 12.1 Å². The Labute approximate surface area is 141 Å². The van der Waals surface area contributed by atoms with E-state index >= 15 is 0 Å². The second-order valence-corrected chi connectivity index (χ2v) is 6.53. The fourth-order valence-corrected chi connectivity index (χ4v) is 2.96. The standard InChI is InChI=1S/C22H30O/c1-2-3-4-5-6-7-8-9-19-10-12-20(13-11-19)18-21-14-16-22(23)17-15-21/h10-17,23H,2-9,18H2,1H3. The first-order valence-electron chi connectivity index (χ1n) is 9.13. The first-order valence-corrected chi connectivity index (χ1v) is 9.13. The van der Waals surface area contributed by atoms with Crippen LogP contribution in [-0.4, -0.2) is 5.11 Å². The minimum atomic E-state index is 0.332. The number of rotatable bonds is 10. The average molecular weight is 310 g/mol. The molecule has 0 amide bonds. The van der Waals surface area contributed by atoms with Gasteiger partial charge in [0, 0.05) is 0 Å². The summed E-state index contributed by atoms with van der Waals surface area (Å²) >= 11 is 0. The lowest BCUT2D eigenvalue weighted by atomic mass is 10.0. The summed E-state index contributed by atoms with van der Waals surface area (Å²) in [5.41, 5.74) is 4.02. The first-order chi connectivity index (χ1) is 11.3. The van der Waals surface area contributed by atoms with E-state index in [4.69, 9.17) is 0 Å². The molecule has 0 heterocycles. The van der Waals surface area contributed by atoms with E-state index in [1.165, 1.54) is 68.1 Å². The minimum absolute atomic E-state index is 0.332. The molecule has 0 aromatic heterocycles. The number of hydrogen-bond donors (Lipinski definition) is 1. The van der Waals surface area contributed by atoms with E-state index in [9.17, 15) is 5.11 Å². The van der Waals surface area contributed by atoms with Crippen molar-refractivity contribution in [2.45, 2.75) is 64.7 Å². The molecule has 0 aliphatic rings. The molecule has 0 spiro atoms. The summed E-state index contributed by atoms with van der Waals surface area (Å²) in [7, 11) is 0. The van der Waals surface area contributed by atoms with Crippen molar-refractivity contribution in [2.75, 3.05) is 0 Å². The lowest BCUT2D eigenvalue weighted by molar-refractivity contribution is 0.475. The zero-order valence-electron chi connectivity index (χ0n) is 14.4. The summed E-state index contributed by atoms with van der Waals surface area (Å²) in [5.74, 6) is 0.332. The van der Waals surface area contributed by atoms with Gasteiger partial charge >= 0.3 is 0 Å². The number of unbranched alkanes of at least 4 members (excludes halogenated alkanes) is 6. The molecular formula is C22H30O. The van der Waals surface area contributed by atoms with Crippen molar-refractivity contribution in [3.63, 3.8) is 0 Å². The van der Waals surface area contributed by atoms with Crippen LogP contribution in [0.5, 0.6) is 5.75 Å². The van der Waals surface area contributed by atoms with Crippen molar-refractivity contribution < 1.29 is 5.11 Å². The summed E-state index contributed by atoms with van der Waals surface area (Å²) < 4.78 is 0. The molecular weight excluding hydrogens is 280 g/mol. The van der Waals surface area contributed by atoms with Crippen LogP contribution in [0.25, 0.3) is 0 Å². The highest BCUT2D eigenvalue weighted by Gasteiger charge is 1.99. The molecule has 23 heavy (non-hydrogen) atoms. The lowest BCUT2D eigenvalue weighted by Crippen LogP contribution is -1.90. The van der Waals surface area contributed by atoms with E-state index in [0.29, 0.717) is 5.75 Å². The molecule has 1 N–H and O–H groups in total. The molecule has 2 aromatic carbocycles. The molecule has 0 aliphatic heterocycles. The Morgan fingerprint density at radius 3 is 1.70 bits per heavy atom. The van der Waals surface area contributed by atoms with Crippen LogP contribution in [0.4, 0.5) is 0 Å². The lowest BCUT2D eigenvalue weighted by Gasteiger charge is -2.05. The molecule has 2 rings (SSSR count). The first kappa shape index (κ1) is 17.6. The third-order valence-electron chi connectivity index (χ3n) is 4.44. The third kappa shape index (κ3) is 6.90. The quantitative estimate of drug-likeness (QED) is 0.512. The molecule has 0 radical (unpaired) electrons. The highest BCUT2D eigenvalue weighted by atomic mass is 16.3. The predicted molar refractivity (Wildman–Crippen MR) is 99.1 cm³/mol. The number of phenolic OH excluding ortho intramolecular Hbond substituents is 1. The van der Waals surface area contributed by atoms with Gasteiger partial charge in [-0.1, -0.05) is 81.8 Å². The van der Waals surface area contributed by atoms with Gasteiger partial charge in [-0.2, -0.15) is 0 Å². The maximum Gasteiger partial charge on any atom is 0.115 e. The van der Waals surface area contributed by atoms with Crippen LogP contribution in [0.1, 0.15) is 68.6 Å². The van der Waals surface area contributed by atoms with Crippen LogP contribution in [0, 0.1) is 0 Å². The van der Waals surface area contributed by atoms with E-state index in [2.05, 4.69) is 31.2 Å². The summed E-state index contributed by atoms with van der Waals surface area (Å²) in [6.45, 7) is 2.27. The van der Waals surface area contributed by atoms with Gasteiger partial charge in [0.25, 0.3) is 0 Å². The molecule has 0 saturated heterocycles. The molecule has 0 aliphatic carbocycles. The molecule has 124 valence electrons. The molecule has 1 nitrogen and oxygen atoms in total. The second kappa shape index (κ2) is 10.1. The van der Waals surface area contributed by atoms with Crippen LogP contribution in [0.3, 0.4) is 0 Å². The van der Waals surface area contributed by atoms with Gasteiger partial charge in [0.05, 0.1) is 0 Å². The van der Waals surface area contributed by atoms with Crippen molar-refractivity contribution in [1.82, 2.24) is 0 Å². The number of aromatic hydroxyl groups is 1. The normalized spacial score (nSPS) is 10.8. The third-order valence-corrected chi connectivity index (χ3v) is 4.44. The Kier molecular flexibility index (Phi) is 7.72. The van der Waals surface area contributed by atoms with Gasteiger partial charge in [-0.3, -0.25) is 0 Å². The molecule has 0 unspecified atom stereocenters. The molecule has 0 bridgehead atoms. The van der Waals surface area contributed by atoms with Gasteiger partial charge in [0.1, 0.15) is 5.75 Å². The Balaban J connectivity index is 1.69. The largest absolute Gasteiger partial charge is 0.508 e. The van der Waals surface area contributed by atoms with Crippen LogP contribution < -0.4 is 0 Å². The zero-order chi connectivity index (χ0) is 16.3. The van der Waals surface area contributed by atoms with Gasteiger partial charge in [-0.25, -0.2) is 0 Å². The summed E-state index contributed by atoms with van der Waals surface area (Å²) in [6.07, 6.45) is 11.7. The molecule has 1 heteroatoms. The van der Waals surface area contributed by atoms with Crippen molar-refractivity contribution in [1.29, 1.82) is 0 Å². The van der Waals surface area contributed by atoms with Crippen LogP contribution in [0.15, 0.2) is 48.5 Å². The fourth-order valence-electron chi connectivity index (χ4n) is 2.96. The van der Waals surface area contributed by atoms with E-state index in [0.717, 1.165) is 6.42 Å². The SMILES string of the molecule is CCCCCCCCCc1ccc(Cc2ccc(O)cc2)cc1. The Hall–Kier alpha value is -1.76. The van der Waals surface area contributed by atoms with Crippen LogP contribution in [-0.2, 0) is 12.8 Å². The molecule has 0 atom stereocenters. The molecule has 2 aromatic rings. The average Bonchev–Trinajstić information content (AvgIpc) is 2.58. The Bertz CT molecular complexity index is 539. The van der Waals surface area contributed by atoms with Crippen LogP contribution >= 0.6 is 0 Å². The van der Waals surface area contributed by atoms with Gasteiger partial charge in [0.2, 0.25) is 0 Å². The second-order valence-electron chi connectivity index (χ2n) is 6.53. The summed E-state index contributed by atoms with van der Waals surface area (Å²) in [4.78, 5) is 0. The number of hydrogen-bond acceptors (Lipinski definition) is 1. The highest BCUT2D eigenvalue weighted by molar-refractivity contribution is 5.32. The molecule has 0 saturated carbocycles. The monoisotopic (exact) mass is 310 g/mol. The highest BCUT2D eigenvalue weighted by Crippen LogP contribution is 2.16. The smallest absolute Gasteiger partial charge is 0.115 e. The van der Waals surface area contributed by atoms with Crippen molar-refractivity contribution in [3.05, 3.63) is 65.2 Å². The minimum Gasteiger partial charge on any atom is -0.508 e. The number of phenols is 1. The fraction of sp³-hybridized carbons (Fsp3) is 0.455. The summed E-state index contributed by atoms with van der Waals surface area (Å²) in [5, 5.41) is 9.32. The van der Waals surface area contributed by atoms with E-state index in [-0.39, 0.29) is 0 Å². The van der Waals surface area contributed by atoms with Gasteiger partial charge < -0.3 is 5.11 Å². The van der Waals surface area contributed by atoms with Crippen molar-refractivity contribution in [2.24, 2.45) is 0 Å². The predicted octanol–water partition coefficient (Wildman–Crippen LogP) is 6.28. The topological polar surface area (TPSA) is 20.2 Å². The van der Waals surface area contributed by atoms with E-state index < -0.39 is 0 Å². The van der Waals surface area contributed by atoms with Gasteiger partial charge in [-0.15, -0.1) is 0 Å². The Morgan fingerprint density at radius 2 is 1.09 bits per heavy atom. The van der Waals surface area contributed by atoms with Crippen molar-refractivity contribution in [3.8, 4) is 5.75 Å². The van der Waals surface area contributed by atoms with Crippen LogP contribution in [0.2, 0.25) is 0 Å². The molecule has 0 fully saturated rings. The van der Waals surface area contributed by atoms with Gasteiger partial charge in [-0.05, 0) is 48.1 Å². The maximum absolute atomic E-state index is 9.32.